The first kappa shape index (κ1) is 18.2. The molecule has 0 aliphatic heterocycles. The summed E-state index contributed by atoms with van der Waals surface area (Å²) in [6.07, 6.45) is 0.705. The largest absolute Gasteiger partial charge is 0.399 e. The SMILES string of the molecule is CCc1cccc(C)c1NC(=O)C(=O)N(C(C)=O)c1cccc(N)c1. The first-order valence-electron chi connectivity index (χ1n) is 7.95. The van der Waals surface area contributed by atoms with Crippen molar-refractivity contribution in [2.75, 3.05) is 16.0 Å². The van der Waals surface area contributed by atoms with Crippen LogP contribution in [0.15, 0.2) is 42.5 Å². The molecule has 0 bridgehead atoms. The average Bonchev–Trinajstić information content (AvgIpc) is 2.56. The van der Waals surface area contributed by atoms with Crippen LogP contribution in [-0.2, 0) is 20.8 Å². The molecule has 0 atom stereocenters. The second-order valence-electron chi connectivity index (χ2n) is 5.67. The molecule has 0 aromatic heterocycles. The summed E-state index contributed by atoms with van der Waals surface area (Å²) >= 11 is 0. The number of rotatable bonds is 3. The first-order chi connectivity index (χ1) is 11.8. The molecule has 0 saturated heterocycles. The van der Waals surface area contributed by atoms with Gasteiger partial charge in [-0.25, -0.2) is 4.90 Å². The number of carbonyl (C=O) groups excluding carboxylic acids is 3. The minimum atomic E-state index is -0.955. The molecule has 0 spiro atoms. The van der Waals surface area contributed by atoms with Gasteiger partial charge >= 0.3 is 11.8 Å². The number of nitrogens with two attached hydrogens (primary N) is 1. The van der Waals surface area contributed by atoms with E-state index in [2.05, 4.69) is 5.32 Å². The van der Waals surface area contributed by atoms with Gasteiger partial charge in [-0.15, -0.1) is 0 Å². The number of nitrogens with one attached hydrogen (secondary N) is 1. The Bertz CT molecular complexity index is 830. The Labute approximate surface area is 146 Å². The number of aryl methyl sites for hydroxylation is 2. The second kappa shape index (κ2) is 7.61. The molecule has 6 nitrogen and oxygen atoms in total. The van der Waals surface area contributed by atoms with Crippen LogP contribution in [0.2, 0.25) is 0 Å². The maximum Gasteiger partial charge on any atom is 0.323 e. The number of carbonyl (C=O) groups is 3. The summed E-state index contributed by atoms with van der Waals surface area (Å²) in [6, 6.07) is 11.9. The highest BCUT2D eigenvalue weighted by atomic mass is 16.2. The van der Waals surface area contributed by atoms with Gasteiger partial charge in [0, 0.05) is 18.3 Å². The van der Waals surface area contributed by atoms with E-state index in [0.29, 0.717) is 17.8 Å². The summed E-state index contributed by atoms with van der Waals surface area (Å²) in [5.41, 5.74) is 8.71. The zero-order valence-corrected chi connectivity index (χ0v) is 14.5. The minimum Gasteiger partial charge on any atom is -0.399 e. The van der Waals surface area contributed by atoms with Gasteiger partial charge in [-0.05, 0) is 42.7 Å². The molecule has 0 unspecified atom stereocenters. The van der Waals surface area contributed by atoms with Crippen molar-refractivity contribution in [1.29, 1.82) is 0 Å². The maximum absolute atomic E-state index is 12.6. The lowest BCUT2D eigenvalue weighted by molar-refractivity contribution is -0.136. The Balaban J connectivity index is 2.32. The van der Waals surface area contributed by atoms with Gasteiger partial charge < -0.3 is 11.1 Å². The maximum atomic E-state index is 12.6. The first-order valence-corrected chi connectivity index (χ1v) is 7.95. The van der Waals surface area contributed by atoms with E-state index >= 15 is 0 Å². The molecule has 0 saturated carbocycles. The molecular formula is C19H21N3O3. The van der Waals surface area contributed by atoms with Crippen LogP contribution < -0.4 is 16.0 Å². The van der Waals surface area contributed by atoms with Gasteiger partial charge in [0.05, 0.1) is 5.69 Å². The van der Waals surface area contributed by atoms with E-state index in [-0.39, 0.29) is 5.69 Å². The lowest BCUT2D eigenvalue weighted by Gasteiger charge is -2.20. The highest BCUT2D eigenvalue weighted by molar-refractivity contribution is 6.48. The van der Waals surface area contributed by atoms with Crippen molar-refractivity contribution in [2.24, 2.45) is 0 Å². The fourth-order valence-corrected chi connectivity index (χ4v) is 2.58. The van der Waals surface area contributed by atoms with Crippen molar-refractivity contribution in [2.45, 2.75) is 27.2 Å². The predicted molar refractivity (Wildman–Crippen MR) is 98.2 cm³/mol. The molecule has 0 aliphatic rings. The zero-order chi connectivity index (χ0) is 18.6. The van der Waals surface area contributed by atoms with E-state index in [9.17, 15) is 14.4 Å². The normalized spacial score (nSPS) is 10.2. The number of amides is 3. The molecular weight excluding hydrogens is 318 g/mol. The summed E-state index contributed by atoms with van der Waals surface area (Å²) in [5.74, 6) is -2.39. The lowest BCUT2D eigenvalue weighted by Crippen LogP contribution is -2.43. The predicted octanol–water partition coefficient (Wildman–Crippen LogP) is 2.66. The molecule has 6 heteroatoms. The molecule has 25 heavy (non-hydrogen) atoms. The van der Waals surface area contributed by atoms with Crippen molar-refractivity contribution >= 4 is 34.8 Å². The van der Waals surface area contributed by atoms with Crippen LogP contribution in [0, 0.1) is 6.92 Å². The van der Waals surface area contributed by atoms with Gasteiger partial charge in [-0.2, -0.15) is 0 Å². The van der Waals surface area contributed by atoms with Crippen molar-refractivity contribution in [3.63, 3.8) is 0 Å². The molecule has 0 radical (unpaired) electrons. The molecule has 2 rings (SSSR count). The summed E-state index contributed by atoms with van der Waals surface area (Å²) in [7, 11) is 0. The van der Waals surface area contributed by atoms with Crippen LogP contribution in [0.25, 0.3) is 0 Å². The van der Waals surface area contributed by atoms with E-state index in [1.165, 1.54) is 13.0 Å². The summed E-state index contributed by atoms with van der Waals surface area (Å²) in [5, 5.41) is 2.64. The summed E-state index contributed by atoms with van der Waals surface area (Å²) in [6.45, 7) is 5.03. The molecule has 3 amide bonds. The second-order valence-corrected chi connectivity index (χ2v) is 5.67. The summed E-state index contributed by atoms with van der Waals surface area (Å²) in [4.78, 5) is 37.8. The molecule has 2 aromatic carbocycles. The molecule has 0 heterocycles. The van der Waals surface area contributed by atoms with Crippen LogP contribution in [0.3, 0.4) is 0 Å². The average molecular weight is 339 g/mol. The number of hydrogen-bond acceptors (Lipinski definition) is 4. The molecule has 3 N–H and O–H groups in total. The van der Waals surface area contributed by atoms with Crippen LogP contribution in [-0.4, -0.2) is 17.7 Å². The third kappa shape index (κ3) is 4.03. The third-order valence-electron chi connectivity index (χ3n) is 3.82. The van der Waals surface area contributed by atoms with Crippen molar-refractivity contribution in [1.82, 2.24) is 0 Å². The topological polar surface area (TPSA) is 92.5 Å². The third-order valence-corrected chi connectivity index (χ3v) is 3.82. The Hall–Kier alpha value is -3.15. The smallest absolute Gasteiger partial charge is 0.323 e. The number of hydrogen-bond donors (Lipinski definition) is 2. The van der Waals surface area contributed by atoms with Crippen LogP contribution >= 0.6 is 0 Å². The molecule has 0 aliphatic carbocycles. The number of nitrogens with zero attached hydrogens (tertiary/aromatic N) is 1. The Morgan fingerprint density at radius 3 is 2.40 bits per heavy atom. The van der Waals surface area contributed by atoms with E-state index in [0.717, 1.165) is 16.0 Å². The summed E-state index contributed by atoms with van der Waals surface area (Å²) < 4.78 is 0. The van der Waals surface area contributed by atoms with Crippen molar-refractivity contribution < 1.29 is 14.4 Å². The zero-order valence-electron chi connectivity index (χ0n) is 14.5. The quantitative estimate of drug-likeness (QED) is 0.664. The van der Waals surface area contributed by atoms with Gasteiger partial charge in [-0.1, -0.05) is 31.2 Å². The number of benzene rings is 2. The van der Waals surface area contributed by atoms with Gasteiger partial charge in [0.25, 0.3) is 0 Å². The van der Waals surface area contributed by atoms with Crippen molar-refractivity contribution in [3.8, 4) is 0 Å². The minimum absolute atomic E-state index is 0.258. The van der Waals surface area contributed by atoms with E-state index in [1.807, 2.05) is 32.0 Å². The van der Waals surface area contributed by atoms with Gasteiger partial charge in [-0.3, -0.25) is 14.4 Å². The Kier molecular flexibility index (Phi) is 5.54. The highest BCUT2D eigenvalue weighted by Crippen LogP contribution is 2.22. The van der Waals surface area contributed by atoms with Gasteiger partial charge in [0.15, 0.2) is 0 Å². The van der Waals surface area contributed by atoms with Gasteiger partial charge in [0.1, 0.15) is 0 Å². The van der Waals surface area contributed by atoms with Crippen LogP contribution in [0.4, 0.5) is 17.1 Å². The fraction of sp³-hybridized carbons (Fsp3) is 0.211. The number of anilines is 3. The van der Waals surface area contributed by atoms with Crippen LogP contribution in [0.1, 0.15) is 25.0 Å². The number of para-hydroxylation sites is 1. The fourth-order valence-electron chi connectivity index (χ4n) is 2.58. The van der Waals surface area contributed by atoms with Crippen molar-refractivity contribution in [3.05, 3.63) is 53.6 Å². The number of nitrogen functional groups attached to an aromatic ring is 1. The van der Waals surface area contributed by atoms with E-state index in [4.69, 9.17) is 5.73 Å². The Morgan fingerprint density at radius 1 is 1.12 bits per heavy atom. The van der Waals surface area contributed by atoms with E-state index in [1.54, 1.807) is 18.2 Å². The van der Waals surface area contributed by atoms with E-state index < -0.39 is 17.7 Å². The Morgan fingerprint density at radius 2 is 1.80 bits per heavy atom. The monoisotopic (exact) mass is 339 g/mol. The molecule has 0 fully saturated rings. The molecule has 2 aromatic rings. The standard InChI is InChI=1S/C19H21N3O3/c1-4-14-8-5-7-12(2)17(14)21-18(24)19(25)22(13(3)23)16-10-6-9-15(20)11-16/h5-11H,4,20H2,1-3H3,(H,21,24). The number of imide groups is 1. The lowest BCUT2D eigenvalue weighted by atomic mass is 10.1. The molecule has 130 valence electrons. The highest BCUT2D eigenvalue weighted by Gasteiger charge is 2.27. The van der Waals surface area contributed by atoms with Crippen LogP contribution in [0.5, 0.6) is 0 Å². The van der Waals surface area contributed by atoms with Gasteiger partial charge in [0.2, 0.25) is 5.91 Å².